The molecule has 3 N–H and O–H groups in total. The summed E-state index contributed by atoms with van der Waals surface area (Å²) in [7, 11) is 0. The first-order valence-corrected chi connectivity index (χ1v) is 2.63. The molecule has 1 rings (SSSR count). The first kappa shape index (κ1) is 4.33. The third-order valence-electron chi connectivity index (χ3n) is 0.974. The number of rotatable bonds is 1. The molecule has 1 aromatic carbocycles. The summed E-state index contributed by atoms with van der Waals surface area (Å²) in [5.74, 6) is -1.29. The number of anilines is 1. The van der Waals surface area contributed by atoms with Crippen LogP contribution >= 0.6 is 0 Å². The lowest BCUT2D eigenvalue weighted by molar-refractivity contribution is 0.0697. The van der Waals surface area contributed by atoms with Crippen LogP contribution in [0, 0.1) is 0 Å². The lowest BCUT2D eigenvalue weighted by Crippen LogP contribution is -1.96. The molecule has 0 amide bonds. The van der Waals surface area contributed by atoms with Crippen LogP contribution in [0.5, 0.6) is 0 Å². The molecule has 0 atom stereocenters. The van der Waals surface area contributed by atoms with E-state index in [1.807, 2.05) is 0 Å². The standard InChI is InChI=1S/C7H7NO2/c8-6-3-1-2-5(4-6)7(9)10/h1-4H,8H2,(H,9,10)/i2D,4D. The van der Waals surface area contributed by atoms with Crippen LogP contribution in [0.4, 0.5) is 5.69 Å². The number of nitrogen functional groups attached to an aromatic ring is 1. The third kappa shape index (κ3) is 1.25. The van der Waals surface area contributed by atoms with E-state index >= 15 is 0 Å². The Labute approximate surface area is 60.9 Å². The van der Waals surface area contributed by atoms with Gasteiger partial charge in [-0.3, -0.25) is 0 Å². The molecule has 3 nitrogen and oxygen atoms in total. The second-order valence-corrected chi connectivity index (χ2v) is 1.74. The zero-order chi connectivity index (χ0) is 9.30. The fraction of sp³-hybridized carbons (Fsp3) is 0. The van der Waals surface area contributed by atoms with Crippen LogP contribution in [0.3, 0.4) is 0 Å². The van der Waals surface area contributed by atoms with Crippen LogP contribution < -0.4 is 5.73 Å². The predicted octanol–water partition coefficient (Wildman–Crippen LogP) is 0.967. The van der Waals surface area contributed by atoms with E-state index in [0.29, 0.717) is 0 Å². The molecule has 0 unspecified atom stereocenters. The quantitative estimate of drug-likeness (QED) is 0.570. The summed E-state index contributed by atoms with van der Waals surface area (Å²) < 4.78 is 14.4. The molecule has 0 radical (unpaired) electrons. The summed E-state index contributed by atoms with van der Waals surface area (Å²) in [5, 5.41) is 8.58. The highest BCUT2D eigenvalue weighted by Gasteiger charge is 1.99. The van der Waals surface area contributed by atoms with E-state index in [-0.39, 0.29) is 23.3 Å². The van der Waals surface area contributed by atoms with Gasteiger partial charge in [0.1, 0.15) is 0 Å². The summed E-state index contributed by atoms with van der Waals surface area (Å²) in [4.78, 5) is 10.5. The number of hydrogen-bond acceptors (Lipinski definition) is 2. The number of carbonyl (C=O) groups is 1. The lowest BCUT2D eigenvalue weighted by Gasteiger charge is -1.93. The molecule has 52 valence electrons. The van der Waals surface area contributed by atoms with E-state index in [2.05, 4.69) is 0 Å². The molecule has 0 spiro atoms. The van der Waals surface area contributed by atoms with E-state index in [1.165, 1.54) is 12.1 Å². The average Bonchev–Trinajstić information content (AvgIpc) is 1.97. The maximum Gasteiger partial charge on any atom is 0.335 e. The Morgan fingerprint density at radius 2 is 2.50 bits per heavy atom. The van der Waals surface area contributed by atoms with Crippen molar-refractivity contribution in [2.75, 3.05) is 5.73 Å². The molecule has 0 fully saturated rings. The monoisotopic (exact) mass is 139 g/mol. The van der Waals surface area contributed by atoms with Crippen molar-refractivity contribution in [3.8, 4) is 0 Å². The molecule has 0 aliphatic heterocycles. The zero-order valence-electron chi connectivity index (χ0n) is 7.09. The van der Waals surface area contributed by atoms with Gasteiger partial charge in [0.2, 0.25) is 0 Å². The van der Waals surface area contributed by atoms with Crippen LogP contribution in [-0.4, -0.2) is 11.1 Å². The number of nitrogens with two attached hydrogens (primary N) is 1. The number of aromatic carboxylic acids is 1. The van der Waals surface area contributed by atoms with Crippen LogP contribution in [0.2, 0.25) is 0 Å². The summed E-state index contributed by atoms with van der Waals surface area (Å²) in [6.07, 6.45) is 0. The summed E-state index contributed by atoms with van der Waals surface area (Å²) in [6, 6.07) is 2.12. The van der Waals surface area contributed by atoms with Crippen molar-refractivity contribution >= 4 is 11.7 Å². The highest BCUT2D eigenvalue weighted by molar-refractivity contribution is 5.88. The Kier molecular flexibility index (Phi) is 1.03. The second-order valence-electron chi connectivity index (χ2n) is 1.74. The Morgan fingerprint density at radius 1 is 1.80 bits per heavy atom. The molecule has 0 aromatic heterocycles. The third-order valence-corrected chi connectivity index (χ3v) is 0.974. The highest BCUT2D eigenvalue weighted by Crippen LogP contribution is 2.05. The van der Waals surface area contributed by atoms with Gasteiger partial charge in [-0.05, 0) is 18.2 Å². The molecule has 1 aromatic rings. The maximum absolute atomic E-state index is 10.5. The predicted molar refractivity (Wildman–Crippen MR) is 37.8 cm³/mol. The van der Waals surface area contributed by atoms with Gasteiger partial charge in [-0.25, -0.2) is 4.79 Å². The van der Waals surface area contributed by atoms with Crippen LogP contribution in [0.15, 0.2) is 24.2 Å². The molecule has 0 heterocycles. The van der Waals surface area contributed by atoms with E-state index in [0.717, 1.165) is 0 Å². The Bertz CT molecular complexity index is 338. The number of carboxylic acids is 1. The van der Waals surface area contributed by atoms with Crippen molar-refractivity contribution in [1.29, 1.82) is 0 Å². The summed E-state index contributed by atoms with van der Waals surface area (Å²) in [5.41, 5.74) is 5.01. The van der Waals surface area contributed by atoms with Gasteiger partial charge in [-0.2, -0.15) is 0 Å². The molecule has 0 saturated carbocycles. The molecular formula is C7H7NO2. The van der Waals surface area contributed by atoms with E-state index in [1.54, 1.807) is 0 Å². The molecule has 0 aliphatic carbocycles. The first-order valence-electron chi connectivity index (χ1n) is 3.63. The molecule has 10 heavy (non-hydrogen) atoms. The molecule has 0 bridgehead atoms. The van der Waals surface area contributed by atoms with Gasteiger partial charge in [-0.1, -0.05) is 6.07 Å². The Hall–Kier alpha value is -1.51. The topological polar surface area (TPSA) is 63.3 Å². The lowest BCUT2D eigenvalue weighted by atomic mass is 10.2. The minimum absolute atomic E-state index is 0.0726. The van der Waals surface area contributed by atoms with Crippen molar-refractivity contribution in [2.45, 2.75) is 0 Å². The van der Waals surface area contributed by atoms with E-state index in [9.17, 15) is 4.79 Å². The summed E-state index contributed by atoms with van der Waals surface area (Å²) in [6.45, 7) is 0. The van der Waals surface area contributed by atoms with Gasteiger partial charge >= 0.3 is 5.97 Å². The van der Waals surface area contributed by atoms with Gasteiger partial charge in [0, 0.05) is 5.69 Å². The Morgan fingerprint density at radius 3 is 3.00 bits per heavy atom. The van der Waals surface area contributed by atoms with Gasteiger partial charge < -0.3 is 10.8 Å². The smallest absolute Gasteiger partial charge is 0.335 e. The van der Waals surface area contributed by atoms with Gasteiger partial charge in [0.15, 0.2) is 0 Å². The number of hydrogen-bond donors (Lipinski definition) is 2. The molecule has 0 aliphatic rings. The number of carboxylic acid groups (broad SMARTS) is 1. The second kappa shape index (κ2) is 2.39. The minimum atomic E-state index is -1.29. The molecular weight excluding hydrogens is 130 g/mol. The summed E-state index contributed by atoms with van der Waals surface area (Å²) >= 11 is 0. The largest absolute Gasteiger partial charge is 0.478 e. The van der Waals surface area contributed by atoms with Crippen LogP contribution in [0.1, 0.15) is 13.1 Å². The SMILES string of the molecule is [2H]c1ccc(N)c([2H])c1C(=O)O. The van der Waals surface area contributed by atoms with Gasteiger partial charge in [0.05, 0.1) is 8.30 Å². The number of benzene rings is 1. The molecule has 3 heteroatoms. The Balaban J connectivity index is 3.43. The van der Waals surface area contributed by atoms with Crippen molar-refractivity contribution in [3.05, 3.63) is 29.8 Å². The van der Waals surface area contributed by atoms with Crippen molar-refractivity contribution in [2.24, 2.45) is 0 Å². The van der Waals surface area contributed by atoms with Crippen molar-refractivity contribution in [3.63, 3.8) is 0 Å². The fourth-order valence-corrected chi connectivity index (χ4v) is 0.552. The van der Waals surface area contributed by atoms with E-state index in [4.69, 9.17) is 13.6 Å². The maximum atomic E-state index is 10.5. The van der Waals surface area contributed by atoms with Crippen molar-refractivity contribution < 1.29 is 12.6 Å². The average molecular weight is 139 g/mol. The fourth-order valence-electron chi connectivity index (χ4n) is 0.552. The van der Waals surface area contributed by atoms with Crippen LogP contribution in [-0.2, 0) is 0 Å². The minimum Gasteiger partial charge on any atom is -0.478 e. The zero-order valence-corrected chi connectivity index (χ0v) is 5.09. The van der Waals surface area contributed by atoms with Crippen molar-refractivity contribution in [1.82, 2.24) is 0 Å². The van der Waals surface area contributed by atoms with E-state index < -0.39 is 5.97 Å². The van der Waals surface area contributed by atoms with Crippen LogP contribution in [0.25, 0.3) is 0 Å². The first-order chi connectivity index (χ1) is 5.54. The van der Waals surface area contributed by atoms with Gasteiger partial charge in [-0.15, -0.1) is 0 Å². The molecule has 0 saturated heterocycles. The van der Waals surface area contributed by atoms with Gasteiger partial charge in [0.25, 0.3) is 0 Å². The normalized spacial score (nSPS) is 12.0. The highest BCUT2D eigenvalue weighted by atomic mass is 16.4.